The number of benzene rings is 2. The van der Waals surface area contributed by atoms with Crippen LogP contribution in [0.25, 0.3) is 0 Å². The molecule has 2 N–H and O–H groups in total. The second-order valence-corrected chi connectivity index (χ2v) is 6.41. The van der Waals surface area contributed by atoms with Crippen LogP contribution in [0.1, 0.15) is 25.7 Å². The molecule has 0 saturated heterocycles. The molecule has 0 spiro atoms. The Bertz CT molecular complexity index is 607. The molecule has 0 aliphatic heterocycles. The lowest BCUT2D eigenvalue weighted by atomic mass is 10.2. The van der Waals surface area contributed by atoms with Crippen LogP contribution in [0.4, 0.5) is 0 Å². The van der Waals surface area contributed by atoms with Crippen LogP contribution >= 0.6 is 24.4 Å². The van der Waals surface area contributed by atoms with Crippen molar-refractivity contribution in [2.45, 2.75) is 25.7 Å². The van der Waals surface area contributed by atoms with Gasteiger partial charge in [0.15, 0.2) is 0 Å². The zero-order valence-corrected chi connectivity index (χ0v) is 16.3. The van der Waals surface area contributed by atoms with Gasteiger partial charge in [0, 0.05) is 13.1 Å². The van der Waals surface area contributed by atoms with E-state index in [1.165, 1.54) is 0 Å². The first kappa shape index (κ1) is 20.1. The molecule has 0 heterocycles. The summed E-state index contributed by atoms with van der Waals surface area (Å²) >= 11 is 10.3. The summed E-state index contributed by atoms with van der Waals surface area (Å²) in [6, 6.07) is 19.1. The summed E-state index contributed by atoms with van der Waals surface area (Å²) in [5.74, 6) is 1.51. The lowest BCUT2D eigenvalue weighted by molar-refractivity contribution is 0.516. The van der Waals surface area contributed by atoms with Gasteiger partial charge in [-0.3, -0.25) is 0 Å². The second kappa shape index (κ2) is 12.2. The minimum atomic E-state index is 0.418. The van der Waals surface area contributed by atoms with Gasteiger partial charge in [-0.05, 0) is 61.5 Å². The molecule has 2 aromatic rings. The summed E-state index contributed by atoms with van der Waals surface area (Å²) in [6.07, 6.45) is 4.33. The lowest BCUT2D eigenvalue weighted by Gasteiger charge is -2.10. The number of nitrogens with one attached hydrogen (secondary N) is 2. The highest BCUT2D eigenvalue weighted by molar-refractivity contribution is 7.80. The SMILES string of the molecule is S=C(NCCCCCCNC(=S)Oc1ccccc1)Oc1ccccc1. The van der Waals surface area contributed by atoms with E-state index in [1.54, 1.807) is 0 Å². The maximum absolute atomic E-state index is 5.52. The predicted molar refractivity (Wildman–Crippen MR) is 114 cm³/mol. The molecule has 0 bridgehead atoms. The first-order valence-electron chi connectivity index (χ1n) is 8.75. The normalized spacial score (nSPS) is 10.0. The molecule has 2 aromatic carbocycles. The molecule has 0 fully saturated rings. The van der Waals surface area contributed by atoms with Crippen LogP contribution in [0.3, 0.4) is 0 Å². The molecule has 2 rings (SSSR count). The zero-order chi connectivity index (χ0) is 18.5. The molecule has 0 aromatic heterocycles. The summed E-state index contributed by atoms with van der Waals surface area (Å²) in [4.78, 5) is 0. The van der Waals surface area contributed by atoms with Crippen molar-refractivity contribution in [2.24, 2.45) is 0 Å². The molecule has 0 radical (unpaired) electrons. The maximum atomic E-state index is 5.52. The highest BCUT2D eigenvalue weighted by Gasteiger charge is 2.00. The standard InChI is InChI=1S/C20H24N2O2S2/c25-19(23-17-11-5-3-6-12-17)21-15-9-1-2-10-16-22-20(26)24-18-13-7-4-8-14-18/h3-8,11-14H,1-2,9-10,15-16H2,(H,21,25)(H,22,26). The van der Waals surface area contributed by atoms with Crippen molar-refractivity contribution < 1.29 is 9.47 Å². The van der Waals surface area contributed by atoms with E-state index in [0.29, 0.717) is 10.3 Å². The Kier molecular flexibility index (Phi) is 9.46. The van der Waals surface area contributed by atoms with E-state index in [0.717, 1.165) is 50.3 Å². The van der Waals surface area contributed by atoms with Gasteiger partial charge in [-0.25, -0.2) is 0 Å². The minimum absolute atomic E-state index is 0.418. The Morgan fingerprint density at radius 1 is 0.615 bits per heavy atom. The van der Waals surface area contributed by atoms with Gasteiger partial charge in [0.1, 0.15) is 11.5 Å². The van der Waals surface area contributed by atoms with E-state index in [1.807, 2.05) is 60.7 Å². The van der Waals surface area contributed by atoms with E-state index >= 15 is 0 Å². The number of ether oxygens (including phenoxy) is 2. The third-order valence-corrected chi connectivity index (χ3v) is 4.01. The Morgan fingerprint density at radius 2 is 1.00 bits per heavy atom. The van der Waals surface area contributed by atoms with Gasteiger partial charge < -0.3 is 20.1 Å². The van der Waals surface area contributed by atoms with Gasteiger partial charge in [-0.1, -0.05) is 49.2 Å². The Balaban J connectivity index is 1.43. The number of rotatable bonds is 9. The van der Waals surface area contributed by atoms with Gasteiger partial charge >= 0.3 is 0 Å². The molecule has 0 unspecified atom stereocenters. The average Bonchev–Trinajstić information content (AvgIpc) is 2.65. The molecule has 138 valence electrons. The van der Waals surface area contributed by atoms with Crippen LogP contribution in [0, 0.1) is 0 Å². The van der Waals surface area contributed by atoms with Gasteiger partial charge in [0.25, 0.3) is 10.3 Å². The molecule has 0 aliphatic rings. The molecule has 0 aliphatic carbocycles. The number of hydrogen-bond acceptors (Lipinski definition) is 4. The van der Waals surface area contributed by atoms with E-state index in [4.69, 9.17) is 33.9 Å². The topological polar surface area (TPSA) is 42.5 Å². The zero-order valence-electron chi connectivity index (χ0n) is 14.6. The van der Waals surface area contributed by atoms with Gasteiger partial charge in [-0.2, -0.15) is 0 Å². The molecule has 0 saturated carbocycles. The minimum Gasteiger partial charge on any atom is -0.432 e. The Hall–Kier alpha value is -2.18. The van der Waals surface area contributed by atoms with Crippen molar-refractivity contribution >= 4 is 34.8 Å². The first-order chi connectivity index (χ1) is 12.7. The van der Waals surface area contributed by atoms with Gasteiger partial charge in [0.2, 0.25) is 0 Å². The monoisotopic (exact) mass is 388 g/mol. The fourth-order valence-corrected chi connectivity index (χ4v) is 2.64. The van der Waals surface area contributed by atoms with E-state index in [-0.39, 0.29) is 0 Å². The summed E-state index contributed by atoms with van der Waals surface area (Å²) < 4.78 is 11.0. The summed E-state index contributed by atoms with van der Waals surface area (Å²) in [6.45, 7) is 1.63. The largest absolute Gasteiger partial charge is 0.432 e. The highest BCUT2D eigenvalue weighted by Crippen LogP contribution is 2.09. The third-order valence-electron chi connectivity index (χ3n) is 3.55. The van der Waals surface area contributed by atoms with Crippen molar-refractivity contribution in [1.29, 1.82) is 0 Å². The quantitative estimate of drug-likeness (QED) is 0.489. The third kappa shape index (κ3) is 8.78. The average molecular weight is 389 g/mol. The van der Waals surface area contributed by atoms with Crippen LogP contribution < -0.4 is 20.1 Å². The van der Waals surface area contributed by atoms with E-state index in [2.05, 4.69) is 10.6 Å². The van der Waals surface area contributed by atoms with Crippen molar-refractivity contribution in [3.63, 3.8) is 0 Å². The van der Waals surface area contributed by atoms with Crippen molar-refractivity contribution in [1.82, 2.24) is 10.6 Å². The predicted octanol–water partition coefficient (Wildman–Crippen LogP) is 4.45. The molecule has 0 amide bonds. The summed E-state index contributed by atoms with van der Waals surface area (Å²) in [5.41, 5.74) is 0. The molecule has 4 nitrogen and oxygen atoms in total. The summed E-state index contributed by atoms with van der Waals surface area (Å²) in [5, 5.41) is 7.08. The van der Waals surface area contributed by atoms with Crippen LogP contribution in [0.5, 0.6) is 11.5 Å². The molecule has 0 atom stereocenters. The van der Waals surface area contributed by atoms with Gasteiger partial charge in [0.05, 0.1) is 0 Å². The van der Waals surface area contributed by atoms with E-state index < -0.39 is 0 Å². The molecular weight excluding hydrogens is 364 g/mol. The van der Waals surface area contributed by atoms with Crippen LogP contribution in [-0.4, -0.2) is 23.4 Å². The van der Waals surface area contributed by atoms with Crippen LogP contribution in [0.15, 0.2) is 60.7 Å². The molecule has 26 heavy (non-hydrogen) atoms. The van der Waals surface area contributed by atoms with Crippen molar-refractivity contribution in [3.05, 3.63) is 60.7 Å². The van der Waals surface area contributed by atoms with Crippen LogP contribution in [0.2, 0.25) is 0 Å². The Morgan fingerprint density at radius 3 is 1.38 bits per heavy atom. The van der Waals surface area contributed by atoms with E-state index in [9.17, 15) is 0 Å². The number of hydrogen-bond donors (Lipinski definition) is 2. The maximum Gasteiger partial charge on any atom is 0.262 e. The number of unbranched alkanes of at least 4 members (excludes halogenated alkanes) is 3. The second-order valence-electron chi connectivity index (χ2n) is 5.67. The lowest BCUT2D eigenvalue weighted by Crippen LogP contribution is -2.28. The smallest absolute Gasteiger partial charge is 0.262 e. The first-order valence-corrected chi connectivity index (χ1v) is 9.57. The fourth-order valence-electron chi connectivity index (χ4n) is 2.25. The van der Waals surface area contributed by atoms with Crippen LogP contribution in [-0.2, 0) is 0 Å². The molecule has 6 heteroatoms. The highest BCUT2D eigenvalue weighted by atomic mass is 32.1. The number of para-hydroxylation sites is 2. The van der Waals surface area contributed by atoms with Crippen molar-refractivity contribution in [2.75, 3.05) is 13.1 Å². The van der Waals surface area contributed by atoms with Gasteiger partial charge in [-0.15, -0.1) is 0 Å². The summed E-state index contributed by atoms with van der Waals surface area (Å²) in [7, 11) is 0. The number of thiocarbonyl (C=S) groups is 2. The Labute approximate surface area is 165 Å². The van der Waals surface area contributed by atoms with Crippen molar-refractivity contribution in [3.8, 4) is 11.5 Å². The fraction of sp³-hybridized carbons (Fsp3) is 0.300. The molecular formula is C20H24N2O2S2.